The Kier molecular flexibility index (Phi) is 4.85. The van der Waals surface area contributed by atoms with Gasteiger partial charge in [0.25, 0.3) is 11.5 Å². The second-order valence-electron chi connectivity index (χ2n) is 7.83. The van der Waals surface area contributed by atoms with Gasteiger partial charge < -0.3 is 20.3 Å². The quantitative estimate of drug-likeness (QED) is 0.619. The molecule has 1 amide bonds. The molecule has 3 N–H and O–H groups in total. The second kappa shape index (κ2) is 7.24. The Morgan fingerprint density at radius 2 is 2.10 bits per heavy atom. The van der Waals surface area contributed by atoms with Crippen LogP contribution in [0.2, 0.25) is 0 Å². The largest absolute Gasteiger partial charge is 0.505 e. The van der Waals surface area contributed by atoms with Crippen LogP contribution in [-0.2, 0) is 17.7 Å². The third kappa shape index (κ3) is 3.15. The molecule has 0 aliphatic carbocycles. The lowest BCUT2D eigenvalue weighted by Gasteiger charge is -2.38. The average molecular weight is 415 g/mol. The van der Waals surface area contributed by atoms with Gasteiger partial charge in [0.1, 0.15) is 33.4 Å². The highest BCUT2D eigenvalue weighted by atomic mass is 19.1. The van der Waals surface area contributed by atoms with Crippen LogP contribution in [0.3, 0.4) is 0 Å². The third-order valence-electron chi connectivity index (χ3n) is 5.52. The Hall–Kier alpha value is -3.20. The van der Waals surface area contributed by atoms with E-state index in [1.165, 1.54) is 23.7 Å². The Bertz CT molecular complexity index is 1210. The van der Waals surface area contributed by atoms with Gasteiger partial charge in [-0.3, -0.25) is 19.1 Å². The van der Waals surface area contributed by atoms with E-state index in [-0.39, 0.29) is 36.8 Å². The highest BCUT2D eigenvalue weighted by Crippen LogP contribution is 2.29. The molecular formula is C21H22FN3O5. The molecule has 3 heterocycles. The Balaban J connectivity index is 1.95. The normalized spacial score (nSPS) is 22.0. The van der Waals surface area contributed by atoms with Crippen molar-refractivity contribution in [2.75, 3.05) is 20.2 Å². The summed E-state index contributed by atoms with van der Waals surface area (Å²) >= 11 is 0. The van der Waals surface area contributed by atoms with E-state index in [4.69, 9.17) is 4.74 Å². The number of aliphatic hydroxyl groups is 1. The first-order valence-corrected chi connectivity index (χ1v) is 9.59. The number of carbonyl (C=O) groups excluding carboxylic acids is 1. The average Bonchev–Trinajstić information content (AvgIpc) is 2.74. The van der Waals surface area contributed by atoms with Gasteiger partial charge in [-0.25, -0.2) is 4.39 Å². The van der Waals surface area contributed by atoms with Crippen molar-refractivity contribution in [3.8, 4) is 5.75 Å². The van der Waals surface area contributed by atoms with Crippen molar-refractivity contribution < 1.29 is 24.1 Å². The van der Waals surface area contributed by atoms with Crippen LogP contribution >= 0.6 is 0 Å². The molecule has 0 spiro atoms. The number of nitrogens with one attached hydrogen (secondary N) is 1. The maximum atomic E-state index is 13.3. The van der Waals surface area contributed by atoms with Gasteiger partial charge in [0.15, 0.2) is 5.75 Å². The lowest BCUT2D eigenvalue weighted by molar-refractivity contribution is -0.0331. The summed E-state index contributed by atoms with van der Waals surface area (Å²) in [5, 5.41) is 23.3. The summed E-state index contributed by atoms with van der Waals surface area (Å²) in [5.74, 6) is -1.41. The minimum Gasteiger partial charge on any atom is -0.505 e. The molecule has 9 heteroatoms. The van der Waals surface area contributed by atoms with E-state index in [2.05, 4.69) is 10.3 Å². The molecule has 2 aliphatic heterocycles. The topological polar surface area (TPSA) is 113 Å². The highest BCUT2D eigenvalue weighted by Gasteiger charge is 2.39. The number of amides is 1. The molecule has 2 unspecified atom stereocenters. The van der Waals surface area contributed by atoms with Crippen molar-refractivity contribution in [2.45, 2.75) is 25.5 Å². The zero-order valence-corrected chi connectivity index (χ0v) is 16.6. The van der Waals surface area contributed by atoms with Gasteiger partial charge in [0.2, 0.25) is 0 Å². The number of ether oxygens (including phenoxy) is 1. The Morgan fingerprint density at radius 3 is 2.73 bits per heavy atom. The fourth-order valence-corrected chi connectivity index (χ4v) is 3.96. The predicted octanol–water partition coefficient (Wildman–Crippen LogP) is -0.566. The van der Waals surface area contributed by atoms with Crippen LogP contribution in [-0.4, -0.2) is 46.5 Å². The number of aromatic nitrogens is 1. The summed E-state index contributed by atoms with van der Waals surface area (Å²) in [7, 11) is 1.37. The number of hydrogen-bond acceptors (Lipinski definition) is 6. The van der Waals surface area contributed by atoms with Crippen LogP contribution < -0.4 is 21.6 Å². The molecular weight excluding hydrogens is 393 g/mol. The summed E-state index contributed by atoms with van der Waals surface area (Å²) in [5.41, 5.74) is -1.30. The zero-order chi connectivity index (χ0) is 21.6. The number of pyridine rings is 1. The number of aromatic hydroxyl groups is 1. The second-order valence-corrected chi connectivity index (χ2v) is 7.83. The maximum Gasteiger partial charge on any atom is 0.268 e. The van der Waals surface area contributed by atoms with Gasteiger partial charge in [0.05, 0.1) is 19.7 Å². The minimum atomic E-state index is -1.08. The molecule has 8 nitrogen and oxygen atoms in total. The van der Waals surface area contributed by atoms with Gasteiger partial charge in [-0.15, -0.1) is 0 Å². The third-order valence-corrected chi connectivity index (χ3v) is 5.52. The molecule has 30 heavy (non-hydrogen) atoms. The number of benzene rings is 1. The molecule has 158 valence electrons. The molecule has 2 aromatic rings. The maximum absolute atomic E-state index is 13.3. The number of carbonyl (C=O) groups is 1. The van der Waals surface area contributed by atoms with Gasteiger partial charge in [0, 0.05) is 13.0 Å². The van der Waals surface area contributed by atoms with E-state index in [9.17, 15) is 24.2 Å². The van der Waals surface area contributed by atoms with E-state index < -0.39 is 28.4 Å². The molecule has 2 atom stereocenters. The lowest BCUT2D eigenvalue weighted by atomic mass is 9.93. The van der Waals surface area contributed by atoms with Gasteiger partial charge in [-0.1, -0.05) is 12.1 Å². The van der Waals surface area contributed by atoms with Crippen LogP contribution in [0.5, 0.6) is 5.75 Å². The van der Waals surface area contributed by atoms with Gasteiger partial charge in [-0.05, 0) is 31.0 Å². The molecule has 0 saturated heterocycles. The molecule has 0 radical (unpaired) electrons. The summed E-state index contributed by atoms with van der Waals surface area (Å²) in [6, 6.07) is 6.06. The minimum absolute atomic E-state index is 0.00275. The molecule has 0 fully saturated rings. The van der Waals surface area contributed by atoms with E-state index in [1.807, 2.05) is 0 Å². The smallest absolute Gasteiger partial charge is 0.268 e. The van der Waals surface area contributed by atoms with E-state index in [1.54, 1.807) is 19.1 Å². The molecule has 2 aliphatic rings. The van der Waals surface area contributed by atoms with Crippen LogP contribution in [0, 0.1) is 11.7 Å². The van der Waals surface area contributed by atoms with Crippen molar-refractivity contribution in [2.24, 2.45) is 10.9 Å². The van der Waals surface area contributed by atoms with E-state index >= 15 is 0 Å². The van der Waals surface area contributed by atoms with Crippen molar-refractivity contribution in [3.63, 3.8) is 0 Å². The van der Waals surface area contributed by atoms with Gasteiger partial charge >= 0.3 is 0 Å². The summed E-state index contributed by atoms with van der Waals surface area (Å²) in [6.45, 7) is 1.55. The monoisotopic (exact) mass is 415 g/mol. The van der Waals surface area contributed by atoms with Crippen molar-refractivity contribution in [1.82, 2.24) is 9.88 Å². The van der Waals surface area contributed by atoms with Crippen LogP contribution in [0.1, 0.15) is 22.8 Å². The predicted molar refractivity (Wildman–Crippen MR) is 105 cm³/mol. The highest BCUT2D eigenvalue weighted by molar-refractivity contribution is 5.96. The molecule has 1 aromatic carbocycles. The zero-order valence-electron chi connectivity index (χ0n) is 16.6. The standard InChI is InChI=1S/C21H22FN3O5/c1-21(10-26)9-25-16-15(17(27)14(20(25)29)19(28)23-2)24-8-12(18(16)30-21)7-11-3-5-13(22)6-4-11/h3-6,12,26-27H,7-10H2,1-2H3,(H,23,28). The van der Waals surface area contributed by atoms with Crippen LogP contribution in [0.25, 0.3) is 5.76 Å². The number of hydrogen-bond donors (Lipinski definition) is 3. The first-order valence-electron chi connectivity index (χ1n) is 9.59. The summed E-state index contributed by atoms with van der Waals surface area (Å²) in [4.78, 5) is 29.8. The van der Waals surface area contributed by atoms with Crippen molar-refractivity contribution in [3.05, 3.63) is 62.3 Å². The number of halogens is 1. The molecule has 0 bridgehead atoms. The fourth-order valence-electron chi connectivity index (χ4n) is 3.96. The number of aliphatic hydroxyl groups excluding tert-OH is 1. The first kappa shape index (κ1) is 20.1. The van der Waals surface area contributed by atoms with Crippen molar-refractivity contribution in [1.29, 1.82) is 0 Å². The Morgan fingerprint density at radius 1 is 1.40 bits per heavy atom. The number of rotatable bonds is 4. The molecule has 0 saturated carbocycles. The Labute approximate surface area is 171 Å². The molecule has 4 rings (SSSR count). The van der Waals surface area contributed by atoms with Crippen LogP contribution in [0.4, 0.5) is 4.39 Å². The van der Waals surface area contributed by atoms with Gasteiger partial charge in [-0.2, -0.15) is 0 Å². The SMILES string of the molecule is CNC(=O)c1c(O)c2c3n(c1=O)CC(C)(CO)OC=3C(Cc1ccc(F)cc1)CN=2. The first-order chi connectivity index (χ1) is 14.3. The van der Waals surface area contributed by atoms with Crippen molar-refractivity contribution >= 4 is 11.7 Å². The lowest BCUT2D eigenvalue weighted by Crippen LogP contribution is -2.59. The number of nitrogens with zero attached hydrogens (tertiary/aromatic N) is 2. The van der Waals surface area contributed by atoms with Crippen LogP contribution in [0.15, 0.2) is 34.1 Å². The summed E-state index contributed by atoms with van der Waals surface area (Å²) < 4.78 is 20.7. The van der Waals surface area contributed by atoms with E-state index in [0.717, 1.165) is 5.56 Å². The summed E-state index contributed by atoms with van der Waals surface area (Å²) in [6.07, 6.45) is 0.464. The fraction of sp³-hybridized carbons (Fsp3) is 0.381. The van der Waals surface area contributed by atoms with E-state index in [0.29, 0.717) is 17.5 Å². The molecule has 1 aromatic heterocycles.